The molecule has 0 saturated heterocycles. The molecule has 1 atom stereocenters. The van der Waals surface area contributed by atoms with Crippen LogP contribution in [0.3, 0.4) is 0 Å². The number of H-pyrrole nitrogens is 1. The zero-order valence-corrected chi connectivity index (χ0v) is 9.34. The maximum Gasteiger partial charge on any atom is 0.0612 e. The summed E-state index contributed by atoms with van der Waals surface area (Å²) in [6.45, 7) is 1.91. The van der Waals surface area contributed by atoms with E-state index in [1.807, 2.05) is 6.92 Å². The molecule has 1 unspecified atom stereocenters. The number of fused-ring (bicyclic) bond motifs is 1. The number of aliphatic hydroxyl groups excluding tert-OH is 1. The fourth-order valence-corrected chi connectivity index (χ4v) is 2.26. The van der Waals surface area contributed by atoms with E-state index in [0.717, 1.165) is 12.8 Å². The molecule has 4 N–H and O–H groups in total. The van der Waals surface area contributed by atoms with E-state index in [-0.39, 0.29) is 6.61 Å². The van der Waals surface area contributed by atoms with Gasteiger partial charge >= 0.3 is 0 Å². The highest BCUT2D eigenvalue weighted by molar-refractivity contribution is 5.29. The van der Waals surface area contributed by atoms with E-state index in [0.29, 0.717) is 0 Å². The average molecular weight is 208 g/mol. The van der Waals surface area contributed by atoms with E-state index in [2.05, 4.69) is 11.1 Å². The second-order valence-electron chi connectivity index (χ2n) is 4.99. The minimum Gasteiger partial charge on any atom is -0.394 e. The van der Waals surface area contributed by atoms with Gasteiger partial charge in [-0.05, 0) is 44.2 Å². The molecule has 1 heterocycles. The molecular formula is C12H20N2O. The normalized spacial score (nSPS) is 19.7. The topological polar surface area (TPSA) is 62.0 Å². The first-order chi connectivity index (χ1) is 7.11. The number of nitrogens with two attached hydrogens (primary N) is 1. The van der Waals surface area contributed by atoms with Crippen LogP contribution in [0.4, 0.5) is 0 Å². The summed E-state index contributed by atoms with van der Waals surface area (Å²) in [5.41, 5.74) is 9.43. The summed E-state index contributed by atoms with van der Waals surface area (Å²) in [6, 6.07) is 2.22. The molecule has 1 aromatic rings. The summed E-state index contributed by atoms with van der Waals surface area (Å²) in [7, 11) is 0. The third kappa shape index (κ3) is 2.41. The summed E-state index contributed by atoms with van der Waals surface area (Å²) in [5, 5.41) is 9.12. The van der Waals surface area contributed by atoms with Crippen LogP contribution in [0.2, 0.25) is 0 Å². The summed E-state index contributed by atoms with van der Waals surface area (Å²) in [6.07, 6.45) is 5.65. The Labute approximate surface area is 90.7 Å². The van der Waals surface area contributed by atoms with E-state index in [1.165, 1.54) is 36.2 Å². The van der Waals surface area contributed by atoms with Crippen LogP contribution in [0.1, 0.15) is 36.7 Å². The molecule has 0 aromatic carbocycles. The molecule has 0 saturated carbocycles. The first-order valence-electron chi connectivity index (χ1n) is 5.70. The summed E-state index contributed by atoms with van der Waals surface area (Å²) >= 11 is 0. The number of rotatable bonds is 3. The number of hydrogen-bond acceptors (Lipinski definition) is 2. The second kappa shape index (κ2) is 3.99. The minimum absolute atomic E-state index is 0.0245. The largest absolute Gasteiger partial charge is 0.394 e. The molecule has 0 radical (unpaired) electrons. The Kier molecular flexibility index (Phi) is 2.85. The Balaban J connectivity index is 2.13. The van der Waals surface area contributed by atoms with Crippen LogP contribution in [0.5, 0.6) is 0 Å². The number of aryl methyl sites for hydroxylation is 2. The summed E-state index contributed by atoms with van der Waals surface area (Å²) in [5.74, 6) is 0. The van der Waals surface area contributed by atoms with Crippen molar-refractivity contribution in [2.45, 2.75) is 44.6 Å². The van der Waals surface area contributed by atoms with Gasteiger partial charge in [-0.1, -0.05) is 0 Å². The van der Waals surface area contributed by atoms with Crippen LogP contribution >= 0.6 is 0 Å². The SMILES string of the molecule is CC(N)(CO)Cc1cc2c([nH]1)CCCC2. The number of nitrogens with one attached hydrogen (secondary N) is 1. The fraction of sp³-hybridized carbons (Fsp3) is 0.667. The van der Waals surface area contributed by atoms with Crippen molar-refractivity contribution in [3.8, 4) is 0 Å². The van der Waals surface area contributed by atoms with Crippen molar-refractivity contribution in [3.05, 3.63) is 23.0 Å². The monoisotopic (exact) mass is 208 g/mol. The number of aliphatic hydroxyl groups is 1. The lowest BCUT2D eigenvalue weighted by molar-refractivity contribution is 0.207. The molecule has 1 aromatic heterocycles. The van der Waals surface area contributed by atoms with Crippen LogP contribution in [0, 0.1) is 0 Å². The van der Waals surface area contributed by atoms with Gasteiger partial charge < -0.3 is 15.8 Å². The van der Waals surface area contributed by atoms with Crippen LogP contribution in [-0.2, 0) is 19.3 Å². The first-order valence-corrected chi connectivity index (χ1v) is 5.70. The summed E-state index contributed by atoms with van der Waals surface area (Å²) in [4.78, 5) is 3.43. The fourth-order valence-electron chi connectivity index (χ4n) is 2.26. The van der Waals surface area contributed by atoms with E-state index in [4.69, 9.17) is 10.8 Å². The second-order valence-corrected chi connectivity index (χ2v) is 4.99. The highest BCUT2D eigenvalue weighted by atomic mass is 16.3. The van der Waals surface area contributed by atoms with Crippen molar-refractivity contribution in [2.24, 2.45) is 5.73 Å². The average Bonchev–Trinajstić information content (AvgIpc) is 2.58. The van der Waals surface area contributed by atoms with Gasteiger partial charge in [0, 0.05) is 23.3 Å². The molecule has 3 heteroatoms. The number of aromatic amines is 1. The van der Waals surface area contributed by atoms with Crippen molar-refractivity contribution in [2.75, 3.05) is 6.61 Å². The molecule has 1 aliphatic carbocycles. The zero-order valence-electron chi connectivity index (χ0n) is 9.34. The lowest BCUT2D eigenvalue weighted by Gasteiger charge is -2.20. The minimum atomic E-state index is -0.507. The van der Waals surface area contributed by atoms with Crippen LogP contribution in [-0.4, -0.2) is 22.2 Å². The van der Waals surface area contributed by atoms with Gasteiger partial charge in [0.1, 0.15) is 0 Å². The van der Waals surface area contributed by atoms with Crippen molar-refractivity contribution in [1.29, 1.82) is 0 Å². The molecule has 84 valence electrons. The maximum absolute atomic E-state index is 9.12. The van der Waals surface area contributed by atoms with Gasteiger partial charge in [-0.25, -0.2) is 0 Å². The Bertz CT molecular complexity index is 318. The maximum atomic E-state index is 9.12. The lowest BCUT2D eigenvalue weighted by Crippen LogP contribution is -2.42. The van der Waals surface area contributed by atoms with E-state index in [9.17, 15) is 0 Å². The van der Waals surface area contributed by atoms with E-state index in [1.54, 1.807) is 0 Å². The number of aromatic nitrogens is 1. The Morgan fingerprint density at radius 1 is 1.47 bits per heavy atom. The Hall–Kier alpha value is -0.800. The smallest absolute Gasteiger partial charge is 0.0612 e. The van der Waals surface area contributed by atoms with Crippen molar-refractivity contribution < 1.29 is 5.11 Å². The van der Waals surface area contributed by atoms with Gasteiger partial charge in [0.05, 0.1) is 6.61 Å². The predicted octanol–water partition coefficient (Wildman–Crippen LogP) is 1.15. The molecule has 0 fully saturated rings. The summed E-state index contributed by atoms with van der Waals surface area (Å²) < 4.78 is 0. The van der Waals surface area contributed by atoms with Gasteiger partial charge in [0.2, 0.25) is 0 Å². The van der Waals surface area contributed by atoms with Gasteiger partial charge in [0.15, 0.2) is 0 Å². The predicted molar refractivity (Wildman–Crippen MR) is 60.8 cm³/mol. The number of hydrogen-bond donors (Lipinski definition) is 3. The van der Waals surface area contributed by atoms with Crippen LogP contribution in [0.15, 0.2) is 6.07 Å². The van der Waals surface area contributed by atoms with Crippen molar-refractivity contribution in [1.82, 2.24) is 4.98 Å². The Morgan fingerprint density at radius 2 is 2.20 bits per heavy atom. The standard InChI is InChI=1S/C12H20N2O/c1-12(13,8-15)7-10-6-9-4-2-3-5-11(9)14-10/h6,14-15H,2-5,7-8,13H2,1H3. The molecule has 2 rings (SSSR count). The Morgan fingerprint density at radius 3 is 2.87 bits per heavy atom. The third-order valence-corrected chi connectivity index (χ3v) is 3.13. The van der Waals surface area contributed by atoms with Crippen LogP contribution < -0.4 is 5.73 Å². The lowest BCUT2D eigenvalue weighted by atomic mass is 9.96. The third-order valence-electron chi connectivity index (χ3n) is 3.13. The van der Waals surface area contributed by atoms with Gasteiger partial charge in [-0.3, -0.25) is 0 Å². The molecule has 0 aliphatic heterocycles. The molecular weight excluding hydrogens is 188 g/mol. The van der Waals surface area contributed by atoms with Crippen LogP contribution in [0.25, 0.3) is 0 Å². The van der Waals surface area contributed by atoms with E-state index >= 15 is 0 Å². The molecule has 0 amide bonds. The van der Waals surface area contributed by atoms with E-state index < -0.39 is 5.54 Å². The molecule has 3 nitrogen and oxygen atoms in total. The van der Waals surface area contributed by atoms with Gasteiger partial charge in [0.25, 0.3) is 0 Å². The van der Waals surface area contributed by atoms with Crippen molar-refractivity contribution in [3.63, 3.8) is 0 Å². The molecule has 0 bridgehead atoms. The van der Waals surface area contributed by atoms with Crippen molar-refractivity contribution >= 4 is 0 Å². The molecule has 15 heavy (non-hydrogen) atoms. The quantitative estimate of drug-likeness (QED) is 0.697. The first kappa shape index (κ1) is 10.7. The highest BCUT2D eigenvalue weighted by Crippen LogP contribution is 2.23. The van der Waals surface area contributed by atoms with Gasteiger partial charge in [-0.15, -0.1) is 0 Å². The molecule has 1 aliphatic rings. The zero-order chi connectivity index (χ0) is 10.9. The highest BCUT2D eigenvalue weighted by Gasteiger charge is 2.20. The molecule has 0 spiro atoms. The van der Waals surface area contributed by atoms with Gasteiger partial charge in [-0.2, -0.15) is 0 Å².